The Morgan fingerprint density at radius 1 is 1.04 bits per heavy atom. The first-order valence-electron chi connectivity index (χ1n) is 8.28. The van der Waals surface area contributed by atoms with Gasteiger partial charge in [0.25, 0.3) is 0 Å². The van der Waals surface area contributed by atoms with Crippen molar-refractivity contribution >= 4 is 0 Å². The third-order valence-electron chi connectivity index (χ3n) is 4.71. The van der Waals surface area contributed by atoms with E-state index in [-0.39, 0.29) is 0 Å². The highest BCUT2D eigenvalue weighted by atomic mass is 16.5. The molecular formula is C20H25NO2. The lowest BCUT2D eigenvalue weighted by molar-refractivity contribution is 0.337. The topological polar surface area (TPSA) is 21.7 Å². The van der Waals surface area contributed by atoms with E-state index >= 15 is 0 Å². The minimum atomic E-state index is 0.524. The van der Waals surface area contributed by atoms with Gasteiger partial charge < -0.3 is 14.4 Å². The first-order valence-corrected chi connectivity index (χ1v) is 8.28. The van der Waals surface area contributed by atoms with E-state index in [0.29, 0.717) is 5.92 Å². The van der Waals surface area contributed by atoms with Crippen LogP contribution in [0.2, 0.25) is 0 Å². The van der Waals surface area contributed by atoms with Gasteiger partial charge in [-0.2, -0.15) is 0 Å². The summed E-state index contributed by atoms with van der Waals surface area (Å²) >= 11 is 0. The van der Waals surface area contributed by atoms with Crippen LogP contribution >= 0.6 is 0 Å². The van der Waals surface area contributed by atoms with Gasteiger partial charge in [-0.15, -0.1) is 0 Å². The van der Waals surface area contributed by atoms with Crippen molar-refractivity contribution in [2.45, 2.75) is 18.8 Å². The largest absolute Gasteiger partial charge is 0.497 e. The Hall–Kier alpha value is -2.00. The molecule has 2 aromatic rings. The van der Waals surface area contributed by atoms with E-state index in [4.69, 9.17) is 9.47 Å². The van der Waals surface area contributed by atoms with Crippen LogP contribution in [0, 0.1) is 0 Å². The second-order valence-electron chi connectivity index (χ2n) is 6.13. The number of likely N-dealkylation sites (tertiary alicyclic amines) is 1. The van der Waals surface area contributed by atoms with Crippen molar-refractivity contribution in [3.63, 3.8) is 0 Å². The summed E-state index contributed by atoms with van der Waals surface area (Å²) in [5, 5.41) is 0. The summed E-state index contributed by atoms with van der Waals surface area (Å²) in [6.45, 7) is 3.36. The second-order valence-corrected chi connectivity index (χ2v) is 6.13. The van der Waals surface area contributed by atoms with Crippen LogP contribution in [0.5, 0.6) is 11.5 Å². The number of rotatable bonds is 6. The number of benzene rings is 2. The number of hydrogen-bond acceptors (Lipinski definition) is 3. The van der Waals surface area contributed by atoms with Crippen LogP contribution in [-0.2, 0) is 6.42 Å². The van der Waals surface area contributed by atoms with Crippen LogP contribution in [0.3, 0.4) is 0 Å². The molecule has 1 atom stereocenters. The van der Waals surface area contributed by atoms with Crippen LogP contribution in [-0.4, -0.2) is 38.8 Å². The molecule has 122 valence electrons. The van der Waals surface area contributed by atoms with E-state index in [1.54, 1.807) is 14.2 Å². The molecule has 23 heavy (non-hydrogen) atoms. The van der Waals surface area contributed by atoms with Gasteiger partial charge in [0.15, 0.2) is 0 Å². The molecule has 1 heterocycles. The highest BCUT2D eigenvalue weighted by Crippen LogP contribution is 2.35. The Balaban J connectivity index is 1.63. The molecular weight excluding hydrogens is 286 g/mol. The van der Waals surface area contributed by atoms with Crippen molar-refractivity contribution in [3.8, 4) is 11.5 Å². The van der Waals surface area contributed by atoms with E-state index in [2.05, 4.69) is 41.3 Å². The zero-order valence-corrected chi connectivity index (χ0v) is 14.0. The van der Waals surface area contributed by atoms with Gasteiger partial charge in [0, 0.05) is 24.6 Å². The molecule has 3 heteroatoms. The Morgan fingerprint density at radius 2 is 1.87 bits per heavy atom. The Bertz CT molecular complexity index is 627. The molecule has 1 unspecified atom stereocenters. The fraction of sp³-hybridized carbons (Fsp3) is 0.400. The molecule has 0 spiro atoms. The summed E-state index contributed by atoms with van der Waals surface area (Å²) in [5.74, 6) is 2.40. The Morgan fingerprint density at radius 3 is 2.61 bits per heavy atom. The van der Waals surface area contributed by atoms with Crippen molar-refractivity contribution in [1.82, 2.24) is 4.90 Å². The van der Waals surface area contributed by atoms with E-state index in [1.807, 2.05) is 12.1 Å². The van der Waals surface area contributed by atoms with E-state index in [9.17, 15) is 0 Å². The quantitative estimate of drug-likeness (QED) is 0.811. The van der Waals surface area contributed by atoms with Crippen LogP contribution in [0.4, 0.5) is 0 Å². The molecule has 0 radical (unpaired) electrons. The third-order valence-corrected chi connectivity index (χ3v) is 4.71. The molecule has 0 saturated carbocycles. The van der Waals surface area contributed by atoms with Crippen molar-refractivity contribution < 1.29 is 9.47 Å². The molecule has 2 aromatic carbocycles. The molecule has 0 aliphatic carbocycles. The normalized spacial score (nSPS) is 18.1. The summed E-state index contributed by atoms with van der Waals surface area (Å²) in [6.07, 6.45) is 2.29. The fourth-order valence-electron chi connectivity index (χ4n) is 3.38. The highest BCUT2D eigenvalue weighted by molar-refractivity contribution is 5.43. The summed E-state index contributed by atoms with van der Waals surface area (Å²) in [7, 11) is 3.46. The zero-order chi connectivity index (χ0) is 16.1. The number of hydrogen-bond donors (Lipinski definition) is 0. The van der Waals surface area contributed by atoms with Crippen LogP contribution in [0.15, 0.2) is 48.5 Å². The molecule has 3 rings (SSSR count). The predicted octanol–water partition coefficient (Wildman–Crippen LogP) is 3.74. The monoisotopic (exact) mass is 311 g/mol. The highest BCUT2D eigenvalue weighted by Gasteiger charge is 2.26. The minimum absolute atomic E-state index is 0.524. The van der Waals surface area contributed by atoms with Crippen LogP contribution in [0.25, 0.3) is 0 Å². The van der Waals surface area contributed by atoms with Gasteiger partial charge in [-0.05, 0) is 43.1 Å². The molecule has 0 N–H and O–H groups in total. The van der Waals surface area contributed by atoms with Gasteiger partial charge >= 0.3 is 0 Å². The van der Waals surface area contributed by atoms with Gasteiger partial charge in [-0.25, -0.2) is 0 Å². The van der Waals surface area contributed by atoms with E-state index in [0.717, 1.165) is 37.6 Å². The predicted molar refractivity (Wildman–Crippen MR) is 93.5 cm³/mol. The average molecular weight is 311 g/mol. The third kappa shape index (κ3) is 3.85. The summed E-state index contributed by atoms with van der Waals surface area (Å²) in [4.78, 5) is 2.55. The maximum atomic E-state index is 5.55. The molecule has 0 aromatic heterocycles. The lowest BCUT2D eigenvalue weighted by Crippen LogP contribution is -2.23. The SMILES string of the molecule is COc1ccc(OC)c(C2CCN(CCc3ccccc3)C2)c1. The fourth-order valence-corrected chi connectivity index (χ4v) is 3.38. The van der Waals surface area contributed by atoms with Crippen molar-refractivity contribution in [2.24, 2.45) is 0 Å². The number of methoxy groups -OCH3 is 2. The van der Waals surface area contributed by atoms with Gasteiger partial charge in [-0.1, -0.05) is 30.3 Å². The molecule has 1 aliphatic rings. The van der Waals surface area contributed by atoms with Gasteiger partial charge in [0.2, 0.25) is 0 Å². The Labute approximate surface area is 138 Å². The van der Waals surface area contributed by atoms with Crippen molar-refractivity contribution in [1.29, 1.82) is 0 Å². The second kappa shape index (κ2) is 7.51. The van der Waals surface area contributed by atoms with Crippen molar-refractivity contribution in [2.75, 3.05) is 33.9 Å². The first-order chi connectivity index (χ1) is 11.3. The molecule has 1 aliphatic heterocycles. The average Bonchev–Trinajstić information content (AvgIpc) is 3.09. The first kappa shape index (κ1) is 15.9. The maximum absolute atomic E-state index is 5.55. The van der Waals surface area contributed by atoms with Gasteiger partial charge in [0.05, 0.1) is 14.2 Å². The molecule has 1 fully saturated rings. The molecule has 3 nitrogen and oxygen atoms in total. The van der Waals surface area contributed by atoms with E-state index in [1.165, 1.54) is 17.5 Å². The summed E-state index contributed by atoms with van der Waals surface area (Å²) in [6, 6.07) is 16.8. The summed E-state index contributed by atoms with van der Waals surface area (Å²) in [5.41, 5.74) is 2.68. The number of ether oxygens (including phenoxy) is 2. The standard InChI is InChI=1S/C20H25NO2/c1-22-18-8-9-20(23-2)19(14-18)17-11-13-21(15-17)12-10-16-6-4-3-5-7-16/h3-9,14,17H,10-13,15H2,1-2H3. The van der Waals surface area contributed by atoms with Gasteiger partial charge in [-0.3, -0.25) is 0 Å². The smallest absolute Gasteiger partial charge is 0.122 e. The van der Waals surface area contributed by atoms with Crippen LogP contribution < -0.4 is 9.47 Å². The lowest BCUT2D eigenvalue weighted by Gasteiger charge is -2.18. The lowest BCUT2D eigenvalue weighted by atomic mass is 9.97. The molecule has 0 amide bonds. The van der Waals surface area contributed by atoms with Crippen LogP contribution in [0.1, 0.15) is 23.5 Å². The molecule has 0 bridgehead atoms. The number of nitrogens with zero attached hydrogens (tertiary/aromatic N) is 1. The van der Waals surface area contributed by atoms with E-state index < -0.39 is 0 Å². The Kier molecular flexibility index (Phi) is 5.19. The molecule has 1 saturated heterocycles. The summed E-state index contributed by atoms with van der Waals surface area (Å²) < 4.78 is 10.9. The van der Waals surface area contributed by atoms with Gasteiger partial charge in [0.1, 0.15) is 11.5 Å². The maximum Gasteiger partial charge on any atom is 0.122 e. The van der Waals surface area contributed by atoms with Crippen molar-refractivity contribution in [3.05, 3.63) is 59.7 Å². The zero-order valence-electron chi connectivity index (χ0n) is 14.0. The minimum Gasteiger partial charge on any atom is -0.497 e.